The van der Waals surface area contributed by atoms with E-state index in [1.807, 2.05) is 21.8 Å². The van der Waals surface area contributed by atoms with Gasteiger partial charge in [0.1, 0.15) is 19.7 Å². The van der Waals surface area contributed by atoms with Crippen LogP contribution in [0, 0.1) is 22.6 Å². The van der Waals surface area contributed by atoms with Crippen molar-refractivity contribution in [2.45, 2.75) is 51.5 Å². The Labute approximate surface area is 246 Å². The molecule has 206 valence electrons. The Bertz CT molecular complexity index is 1560. The van der Waals surface area contributed by atoms with E-state index in [1.54, 1.807) is 18.2 Å². The number of rotatable bonds is 7. The topological polar surface area (TPSA) is 88.0 Å². The Balaban J connectivity index is 1.68. The number of anilines is 2. The van der Waals surface area contributed by atoms with E-state index < -0.39 is 11.3 Å². The summed E-state index contributed by atoms with van der Waals surface area (Å²) in [6.07, 6.45) is 3.64. The Hall–Kier alpha value is -3.12. The van der Waals surface area contributed by atoms with Crippen molar-refractivity contribution in [1.29, 1.82) is 5.26 Å². The molecule has 1 saturated carbocycles. The Kier molecular flexibility index (Phi) is 7.14. The van der Waals surface area contributed by atoms with E-state index in [1.165, 1.54) is 12.3 Å². The first-order valence-corrected chi connectivity index (χ1v) is 14.1. The zero-order valence-electron chi connectivity index (χ0n) is 23.6. The first-order valence-electron chi connectivity index (χ1n) is 13.3. The van der Waals surface area contributed by atoms with Gasteiger partial charge in [-0.25, -0.2) is 4.39 Å². The molecule has 2 heterocycles. The zero-order chi connectivity index (χ0) is 29.0. The first kappa shape index (κ1) is 28.4. The average molecular weight is 578 g/mol. The number of hydrogen-bond donors (Lipinski definition) is 4. The molecule has 0 radical (unpaired) electrons. The van der Waals surface area contributed by atoms with Crippen molar-refractivity contribution in [2.75, 3.05) is 17.2 Å². The lowest BCUT2D eigenvalue weighted by atomic mass is 9.67. The largest absolute Gasteiger partial charge is 0.383 e. The lowest BCUT2D eigenvalue weighted by molar-refractivity contribution is 0.184. The second kappa shape index (κ2) is 10.1. The molecule has 0 saturated heterocycles. The smallest absolute Gasteiger partial charge is 0.165 e. The third-order valence-corrected chi connectivity index (χ3v) is 8.30. The van der Waals surface area contributed by atoms with E-state index in [-0.39, 0.29) is 11.0 Å². The van der Waals surface area contributed by atoms with Gasteiger partial charge in [0, 0.05) is 40.0 Å². The summed E-state index contributed by atoms with van der Waals surface area (Å²) in [6.45, 7) is 9.16. The van der Waals surface area contributed by atoms with Gasteiger partial charge in [-0.2, -0.15) is 5.26 Å². The summed E-state index contributed by atoms with van der Waals surface area (Å²) >= 11 is 13.4. The number of hydrogen-bond acceptors (Lipinski definition) is 7. The number of halogens is 3. The maximum absolute atomic E-state index is 15.6. The summed E-state index contributed by atoms with van der Waals surface area (Å²) in [6, 6.07) is 10.6. The molecule has 7 nitrogen and oxygen atoms in total. The van der Waals surface area contributed by atoms with Gasteiger partial charge in [0.15, 0.2) is 7.85 Å². The first-order chi connectivity index (χ1) is 18.8. The van der Waals surface area contributed by atoms with Crippen LogP contribution in [0.15, 0.2) is 47.8 Å². The van der Waals surface area contributed by atoms with Gasteiger partial charge in [-0.3, -0.25) is 9.99 Å². The molecule has 3 aromatic rings. The highest BCUT2D eigenvalue weighted by molar-refractivity contribution is 6.36. The van der Waals surface area contributed by atoms with Crippen LogP contribution in [0.2, 0.25) is 10.0 Å². The fraction of sp³-hybridized carbons (Fsp3) is 0.357. The van der Waals surface area contributed by atoms with Gasteiger partial charge in [-0.1, -0.05) is 50.0 Å². The fourth-order valence-corrected chi connectivity index (χ4v) is 5.92. The van der Waals surface area contributed by atoms with Gasteiger partial charge in [-0.15, -0.1) is 5.53 Å². The monoisotopic (exact) mass is 577 g/mol. The van der Waals surface area contributed by atoms with Crippen LogP contribution in [0.4, 0.5) is 15.8 Å². The molecule has 0 spiro atoms. The minimum atomic E-state index is -1.13. The Morgan fingerprint density at radius 3 is 2.58 bits per heavy atom. The van der Waals surface area contributed by atoms with E-state index in [0.717, 1.165) is 24.1 Å². The lowest BCUT2D eigenvalue weighted by Crippen LogP contribution is -2.47. The van der Waals surface area contributed by atoms with Crippen LogP contribution in [0.25, 0.3) is 10.9 Å². The summed E-state index contributed by atoms with van der Waals surface area (Å²) in [7, 11) is 3.90. The van der Waals surface area contributed by atoms with Crippen molar-refractivity contribution >= 4 is 61.2 Å². The van der Waals surface area contributed by atoms with Gasteiger partial charge in [-0.05, 0) is 49.4 Å². The van der Waals surface area contributed by atoms with Crippen LogP contribution < -0.4 is 21.6 Å². The molecule has 5 rings (SSSR count). The normalized spacial score (nSPS) is 17.8. The number of nitrogens with zero attached hydrogens (tertiary/aromatic N) is 3. The van der Waals surface area contributed by atoms with Gasteiger partial charge in [0.25, 0.3) is 0 Å². The number of benzene rings is 2. The van der Waals surface area contributed by atoms with E-state index >= 15 is 4.39 Å². The summed E-state index contributed by atoms with van der Waals surface area (Å²) < 4.78 is 15.6. The highest BCUT2D eigenvalue weighted by atomic mass is 35.5. The van der Waals surface area contributed by atoms with Crippen molar-refractivity contribution < 1.29 is 4.39 Å². The van der Waals surface area contributed by atoms with Crippen LogP contribution in [-0.4, -0.2) is 37.8 Å². The van der Waals surface area contributed by atoms with Gasteiger partial charge < -0.3 is 16.1 Å². The molecule has 0 bridgehead atoms. The van der Waals surface area contributed by atoms with Crippen molar-refractivity contribution in [3.8, 4) is 6.07 Å². The molecule has 40 heavy (non-hydrogen) atoms. The van der Waals surface area contributed by atoms with Crippen LogP contribution in [0.5, 0.6) is 0 Å². The SMILES string of the molecule is BC1=C(C(B)(Nc2cc(Cl)c3ncc(C#N)c(NCC(C)(C)C)c3c2)c2c(F)cccc2Cl)NNN1C1(C)CC1. The highest BCUT2D eigenvalue weighted by Gasteiger charge is 2.49. The molecule has 1 atom stereocenters. The molecule has 2 aliphatic rings. The molecule has 1 aromatic heterocycles. The van der Waals surface area contributed by atoms with Crippen LogP contribution in [0.1, 0.15) is 51.7 Å². The lowest BCUT2D eigenvalue weighted by Gasteiger charge is -2.36. The van der Waals surface area contributed by atoms with E-state index in [2.05, 4.69) is 65.4 Å². The van der Waals surface area contributed by atoms with Crippen molar-refractivity contribution in [3.63, 3.8) is 0 Å². The van der Waals surface area contributed by atoms with Crippen molar-refractivity contribution in [1.82, 2.24) is 21.0 Å². The minimum absolute atomic E-state index is 0.0159. The molecule has 1 fully saturated rings. The predicted octanol–water partition coefficient (Wildman–Crippen LogP) is 4.59. The third-order valence-electron chi connectivity index (χ3n) is 7.70. The molecular formula is C28H32B2Cl2FN7. The second-order valence-corrected chi connectivity index (χ2v) is 13.1. The number of nitrogens with one attached hydrogen (secondary N) is 4. The standard InChI is InChI=1S/C28H32B2Cl2FN7/c1-26(2,3)14-36-22-15(12-34)13-35-23-17(22)10-16(11-19(23)32)37-28(30,21-18(31)6-5-7-20(21)33)24-25(29)40(39-38-24)27(4)8-9-27/h5-7,10-11,13,37-39H,8-9,14,29-30H2,1-4H3,(H,35,36). The number of aromatic nitrogens is 1. The minimum Gasteiger partial charge on any atom is -0.383 e. The quantitative estimate of drug-likeness (QED) is 0.306. The highest BCUT2D eigenvalue weighted by Crippen LogP contribution is 2.46. The van der Waals surface area contributed by atoms with Gasteiger partial charge in [0.05, 0.1) is 38.5 Å². The van der Waals surface area contributed by atoms with Crippen LogP contribution >= 0.6 is 23.2 Å². The molecule has 1 aliphatic carbocycles. The Morgan fingerprint density at radius 2 is 1.95 bits per heavy atom. The molecule has 0 amide bonds. The zero-order valence-corrected chi connectivity index (χ0v) is 25.1. The van der Waals surface area contributed by atoms with Gasteiger partial charge >= 0.3 is 0 Å². The van der Waals surface area contributed by atoms with Crippen molar-refractivity contribution in [2.24, 2.45) is 5.41 Å². The number of pyridine rings is 1. The summed E-state index contributed by atoms with van der Waals surface area (Å²) in [4.78, 5) is 4.47. The maximum Gasteiger partial charge on any atom is 0.165 e. The van der Waals surface area contributed by atoms with Gasteiger partial charge in [0.2, 0.25) is 0 Å². The summed E-state index contributed by atoms with van der Waals surface area (Å²) in [5.41, 5.74) is 9.63. The predicted molar refractivity (Wildman–Crippen MR) is 166 cm³/mol. The van der Waals surface area contributed by atoms with E-state index in [0.29, 0.717) is 50.0 Å². The third kappa shape index (κ3) is 5.07. The molecule has 1 aliphatic heterocycles. The summed E-state index contributed by atoms with van der Waals surface area (Å²) in [5.74, 6) is -0.437. The number of hydrazine groups is 2. The maximum atomic E-state index is 15.6. The number of fused-ring (bicyclic) bond motifs is 1. The fourth-order valence-electron chi connectivity index (χ4n) is 5.30. The molecule has 12 heteroatoms. The molecular weight excluding hydrogens is 546 g/mol. The summed E-state index contributed by atoms with van der Waals surface area (Å²) in [5, 5.41) is 20.3. The molecule has 1 unspecified atom stereocenters. The van der Waals surface area contributed by atoms with E-state index in [9.17, 15) is 5.26 Å². The molecule has 2 aromatic carbocycles. The Morgan fingerprint density at radius 1 is 1.23 bits per heavy atom. The van der Waals surface area contributed by atoms with Crippen LogP contribution in [-0.2, 0) is 5.44 Å². The second-order valence-electron chi connectivity index (χ2n) is 12.3. The van der Waals surface area contributed by atoms with Crippen molar-refractivity contribution in [3.05, 3.63) is 74.8 Å². The molecule has 4 N–H and O–H groups in total. The van der Waals surface area contributed by atoms with Crippen LogP contribution in [0.3, 0.4) is 0 Å². The average Bonchev–Trinajstić information content (AvgIpc) is 3.48. The van der Waals surface area contributed by atoms with E-state index in [4.69, 9.17) is 23.2 Å². The number of nitriles is 1.